The van der Waals surface area contributed by atoms with Crippen LogP contribution in [0.4, 0.5) is 11.4 Å². The second-order valence-electron chi connectivity index (χ2n) is 5.90. The highest BCUT2D eigenvalue weighted by atomic mass is 32.1. The molecule has 0 aliphatic heterocycles. The van der Waals surface area contributed by atoms with Gasteiger partial charge in [0.1, 0.15) is 0 Å². The van der Waals surface area contributed by atoms with Crippen LogP contribution in [0.3, 0.4) is 0 Å². The van der Waals surface area contributed by atoms with Crippen molar-refractivity contribution >= 4 is 29.6 Å². The van der Waals surface area contributed by atoms with E-state index in [0.29, 0.717) is 5.69 Å². The standard InChI is InChI=1S/C21H20N2S/c1-13-11-16(22)5-9-19(13)20-10-6-17(23)12-21(20)14(2)15-3-7-18(24)8-4-15/h3-12,24H,2,22-23H2,1H3. The number of thiol groups is 1. The van der Waals surface area contributed by atoms with E-state index in [9.17, 15) is 0 Å². The summed E-state index contributed by atoms with van der Waals surface area (Å²) in [5.74, 6) is 0. The predicted molar refractivity (Wildman–Crippen MR) is 107 cm³/mol. The van der Waals surface area contributed by atoms with Crippen LogP contribution < -0.4 is 11.5 Å². The molecule has 0 saturated carbocycles. The van der Waals surface area contributed by atoms with Crippen LogP contribution >= 0.6 is 12.6 Å². The minimum absolute atomic E-state index is 0.716. The average molecular weight is 332 g/mol. The lowest BCUT2D eigenvalue weighted by Crippen LogP contribution is -1.96. The Morgan fingerprint density at radius 3 is 2.04 bits per heavy atom. The van der Waals surface area contributed by atoms with Crippen molar-refractivity contribution in [2.45, 2.75) is 11.8 Å². The number of benzene rings is 3. The third-order valence-corrected chi connectivity index (χ3v) is 4.42. The molecular formula is C21H20N2S. The summed E-state index contributed by atoms with van der Waals surface area (Å²) in [6.07, 6.45) is 0. The van der Waals surface area contributed by atoms with Crippen molar-refractivity contribution in [2.24, 2.45) is 0 Å². The molecule has 0 unspecified atom stereocenters. The zero-order valence-electron chi connectivity index (χ0n) is 13.6. The van der Waals surface area contributed by atoms with E-state index in [4.69, 9.17) is 11.5 Å². The fourth-order valence-electron chi connectivity index (χ4n) is 2.85. The highest BCUT2D eigenvalue weighted by Crippen LogP contribution is 2.35. The monoisotopic (exact) mass is 332 g/mol. The number of aryl methyl sites for hydroxylation is 1. The quantitative estimate of drug-likeness (QED) is 0.457. The van der Waals surface area contributed by atoms with Gasteiger partial charge >= 0.3 is 0 Å². The van der Waals surface area contributed by atoms with Gasteiger partial charge in [-0.15, -0.1) is 12.6 Å². The highest BCUT2D eigenvalue weighted by molar-refractivity contribution is 7.80. The molecule has 24 heavy (non-hydrogen) atoms. The van der Waals surface area contributed by atoms with Crippen LogP contribution in [0.25, 0.3) is 16.7 Å². The molecule has 2 nitrogen and oxygen atoms in total. The van der Waals surface area contributed by atoms with E-state index in [1.165, 1.54) is 0 Å². The number of nitrogens with two attached hydrogens (primary N) is 2. The molecule has 0 radical (unpaired) electrons. The topological polar surface area (TPSA) is 52.0 Å². The van der Waals surface area contributed by atoms with Crippen molar-refractivity contribution in [3.05, 3.63) is 83.9 Å². The molecule has 3 aromatic rings. The first-order valence-corrected chi connectivity index (χ1v) is 8.15. The number of hydrogen-bond acceptors (Lipinski definition) is 3. The molecule has 3 aromatic carbocycles. The van der Waals surface area contributed by atoms with Crippen molar-refractivity contribution < 1.29 is 0 Å². The van der Waals surface area contributed by atoms with Gasteiger partial charge in [-0.25, -0.2) is 0 Å². The summed E-state index contributed by atoms with van der Waals surface area (Å²) in [5, 5.41) is 0. The van der Waals surface area contributed by atoms with E-state index in [2.05, 4.69) is 26.1 Å². The van der Waals surface area contributed by atoms with Crippen molar-refractivity contribution in [1.29, 1.82) is 0 Å². The fraction of sp³-hybridized carbons (Fsp3) is 0.0476. The normalized spacial score (nSPS) is 10.6. The predicted octanol–water partition coefficient (Wildman–Crippen LogP) is 5.18. The first-order valence-electron chi connectivity index (χ1n) is 7.70. The lowest BCUT2D eigenvalue weighted by Gasteiger charge is -2.16. The van der Waals surface area contributed by atoms with E-state index in [0.717, 1.165) is 44.0 Å². The van der Waals surface area contributed by atoms with E-state index < -0.39 is 0 Å². The minimum Gasteiger partial charge on any atom is -0.399 e. The number of anilines is 2. The van der Waals surface area contributed by atoms with Gasteiger partial charge in [0.15, 0.2) is 0 Å². The summed E-state index contributed by atoms with van der Waals surface area (Å²) >= 11 is 4.34. The summed E-state index contributed by atoms with van der Waals surface area (Å²) in [5.41, 5.74) is 19.8. The zero-order valence-corrected chi connectivity index (χ0v) is 14.5. The van der Waals surface area contributed by atoms with E-state index in [1.54, 1.807) is 0 Å². The van der Waals surface area contributed by atoms with Crippen molar-refractivity contribution in [3.63, 3.8) is 0 Å². The van der Waals surface area contributed by atoms with Crippen LogP contribution in [-0.4, -0.2) is 0 Å². The zero-order chi connectivity index (χ0) is 17.3. The molecule has 0 bridgehead atoms. The number of nitrogen functional groups attached to an aromatic ring is 2. The summed E-state index contributed by atoms with van der Waals surface area (Å²) in [4.78, 5) is 0.925. The molecule has 3 heteroatoms. The van der Waals surface area contributed by atoms with Crippen LogP contribution in [0.15, 0.2) is 72.1 Å². The summed E-state index contributed by atoms with van der Waals surface area (Å²) < 4.78 is 0. The van der Waals surface area contributed by atoms with Gasteiger partial charge in [0, 0.05) is 16.3 Å². The van der Waals surface area contributed by atoms with Crippen molar-refractivity contribution in [2.75, 3.05) is 11.5 Å². The molecule has 0 saturated heterocycles. The molecule has 0 amide bonds. The second-order valence-corrected chi connectivity index (χ2v) is 6.42. The molecule has 0 aromatic heterocycles. The summed E-state index contributed by atoms with van der Waals surface area (Å²) in [6, 6.07) is 19.8. The van der Waals surface area contributed by atoms with Crippen LogP contribution in [-0.2, 0) is 0 Å². The Bertz CT molecular complexity index is 912. The summed E-state index contributed by atoms with van der Waals surface area (Å²) in [7, 11) is 0. The fourth-order valence-corrected chi connectivity index (χ4v) is 3.00. The molecular weight excluding hydrogens is 312 g/mol. The molecule has 0 atom stereocenters. The van der Waals surface area contributed by atoms with Gasteiger partial charge in [0.2, 0.25) is 0 Å². The number of hydrogen-bond donors (Lipinski definition) is 3. The lowest BCUT2D eigenvalue weighted by molar-refractivity contribution is 1.43. The SMILES string of the molecule is C=C(c1ccc(S)cc1)c1cc(N)ccc1-c1ccc(N)cc1C. The van der Waals surface area contributed by atoms with Gasteiger partial charge < -0.3 is 11.5 Å². The first-order chi connectivity index (χ1) is 11.5. The molecule has 0 fully saturated rings. The molecule has 4 N–H and O–H groups in total. The van der Waals surface area contributed by atoms with E-state index >= 15 is 0 Å². The van der Waals surface area contributed by atoms with Crippen LogP contribution in [0, 0.1) is 6.92 Å². The summed E-state index contributed by atoms with van der Waals surface area (Å²) in [6.45, 7) is 6.35. The molecule has 0 heterocycles. The van der Waals surface area contributed by atoms with Gasteiger partial charge in [-0.3, -0.25) is 0 Å². The minimum atomic E-state index is 0.716. The third-order valence-electron chi connectivity index (χ3n) is 4.13. The van der Waals surface area contributed by atoms with E-state index in [-0.39, 0.29) is 0 Å². The molecule has 3 rings (SSSR count). The van der Waals surface area contributed by atoms with Crippen molar-refractivity contribution in [1.82, 2.24) is 0 Å². The average Bonchev–Trinajstić information content (AvgIpc) is 2.55. The molecule has 120 valence electrons. The Morgan fingerprint density at radius 2 is 1.42 bits per heavy atom. The second kappa shape index (κ2) is 6.46. The maximum Gasteiger partial charge on any atom is 0.0320 e. The Labute approximate surface area is 148 Å². The van der Waals surface area contributed by atoms with E-state index in [1.807, 2.05) is 60.7 Å². The van der Waals surface area contributed by atoms with Gasteiger partial charge in [0.25, 0.3) is 0 Å². The molecule has 0 spiro atoms. The van der Waals surface area contributed by atoms with Gasteiger partial charge in [-0.2, -0.15) is 0 Å². The Kier molecular flexibility index (Phi) is 4.36. The Hall–Kier alpha value is -2.65. The largest absolute Gasteiger partial charge is 0.399 e. The Balaban J connectivity index is 2.15. The van der Waals surface area contributed by atoms with Crippen LogP contribution in [0.1, 0.15) is 16.7 Å². The smallest absolute Gasteiger partial charge is 0.0320 e. The van der Waals surface area contributed by atoms with Crippen LogP contribution in [0.2, 0.25) is 0 Å². The Morgan fingerprint density at radius 1 is 0.833 bits per heavy atom. The molecule has 0 aliphatic carbocycles. The maximum absolute atomic E-state index is 6.03. The van der Waals surface area contributed by atoms with Gasteiger partial charge in [0.05, 0.1) is 0 Å². The maximum atomic E-state index is 6.03. The van der Waals surface area contributed by atoms with Crippen molar-refractivity contribution in [3.8, 4) is 11.1 Å². The van der Waals surface area contributed by atoms with Gasteiger partial charge in [-0.1, -0.05) is 30.8 Å². The lowest BCUT2D eigenvalue weighted by atomic mass is 9.89. The first kappa shape index (κ1) is 16.2. The third kappa shape index (κ3) is 3.17. The highest BCUT2D eigenvalue weighted by Gasteiger charge is 2.12. The molecule has 0 aliphatic rings. The van der Waals surface area contributed by atoms with Gasteiger partial charge in [-0.05, 0) is 76.7 Å². The van der Waals surface area contributed by atoms with Crippen LogP contribution in [0.5, 0.6) is 0 Å². The number of rotatable bonds is 3.